The molecule has 6 nitrogen and oxygen atoms in total. The highest BCUT2D eigenvalue weighted by molar-refractivity contribution is 5.85. The van der Waals surface area contributed by atoms with Gasteiger partial charge in [-0.05, 0) is 35.7 Å². The van der Waals surface area contributed by atoms with Gasteiger partial charge in [0.15, 0.2) is 11.6 Å². The van der Waals surface area contributed by atoms with Crippen LogP contribution in [0.15, 0.2) is 54.7 Å². The second kappa shape index (κ2) is 5.54. The van der Waals surface area contributed by atoms with Crippen LogP contribution in [0.5, 0.6) is 0 Å². The van der Waals surface area contributed by atoms with E-state index in [0.717, 1.165) is 53.4 Å². The van der Waals surface area contributed by atoms with Crippen molar-refractivity contribution in [1.29, 1.82) is 0 Å². The third-order valence-electron chi connectivity index (χ3n) is 5.60. The molecule has 0 spiro atoms. The molecule has 0 radical (unpaired) electrons. The molecule has 132 valence electrons. The van der Waals surface area contributed by atoms with E-state index in [-0.39, 0.29) is 0 Å². The van der Waals surface area contributed by atoms with Gasteiger partial charge in [0, 0.05) is 24.8 Å². The number of aromatic amines is 1. The van der Waals surface area contributed by atoms with Gasteiger partial charge in [-0.25, -0.2) is 9.97 Å². The molecule has 0 amide bonds. The highest BCUT2D eigenvalue weighted by Crippen LogP contribution is 2.40. The molecule has 4 aromatic rings. The van der Waals surface area contributed by atoms with E-state index >= 15 is 0 Å². The van der Waals surface area contributed by atoms with Gasteiger partial charge in [0.25, 0.3) is 0 Å². The average Bonchev–Trinajstić information content (AvgIpc) is 3.26. The van der Waals surface area contributed by atoms with E-state index < -0.39 is 0 Å². The van der Waals surface area contributed by atoms with Crippen molar-refractivity contribution in [3.8, 4) is 11.3 Å². The maximum Gasteiger partial charge on any atom is 0.172 e. The summed E-state index contributed by atoms with van der Waals surface area (Å²) in [5.74, 6) is 1.84. The Hall–Kier alpha value is -3.41. The van der Waals surface area contributed by atoms with E-state index in [9.17, 15) is 0 Å². The highest BCUT2D eigenvalue weighted by Gasteiger charge is 2.33. The lowest BCUT2D eigenvalue weighted by atomic mass is 9.91. The smallest absolute Gasteiger partial charge is 0.172 e. The van der Waals surface area contributed by atoms with Crippen LogP contribution in [0.4, 0.5) is 11.6 Å². The fourth-order valence-electron chi connectivity index (χ4n) is 4.27. The highest BCUT2D eigenvalue weighted by atomic mass is 15.3. The molecule has 4 heterocycles. The van der Waals surface area contributed by atoms with Crippen molar-refractivity contribution < 1.29 is 0 Å². The van der Waals surface area contributed by atoms with Crippen LogP contribution in [0.3, 0.4) is 0 Å². The van der Waals surface area contributed by atoms with Crippen LogP contribution in [0, 0.1) is 0 Å². The summed E-state index contributed by atoms with van der Waals surface area (Å²) >= 11 is 0. The second-order valence-corrected chi connectivity index (χ2v) is 7.11. The first kappa shape index (κ1) is 14.7. The second-order valence-electron chi connectivity index (χ2n) is 7.11. The largest absolute Gasteiger partial charge is 0.365 e. The molecule has 1 atom stereocenters. The van der Waals surface area contributed by atoms with Crippen molar-refractivity contribution in [2.45, 2.75) is 12.5 Å². The fraction of sp³-hybridized carbons (Fsp3) is 0.190. The molecule has 0 fully saturated rings. The van der Waals surface area contributed by atoms with Gasteiger partial charge in [0.2, 0.25) is 0 Å². The zero-order valence-electron chi connectivity index (χ0n) is 14.7. The summed E-state index contributed by atoms with van der Waals surface area (Å²) < 4.78 is 0. The molecule has 6 rings (SSSR count). The molecule has 0 saturated carbocycles. The Morgan fingerprint density at radius 1 is 1.00 bits per heavy atom. The van der Waals surface area contributed by atoms with Crippen molar-refractivity contribution in [2.24, 2.45) is 0 Å². The molecule has 0 saturated heterocycles. The molecule has 2 aromatic carbocycles. The number of hydrogen-bond acceptors (Lipinski definition) is 5. The average molecular weight is 354 g/mol. The summed E-state index contributed by atoms with van der Waals surface area (Å²) in [5, 5.41) is 10.6. The standard InChI is InChI=1S/C21H18N6/c1-2-4-15-13(3-1)8-10-27-19(15)12-22-20-21(27)25-17-6-5-14(11-18(17)24-20)16-7-9-23-26-16/h1-7,9,11,19H,8,10,12H2,(H,22,24)(H,23,26). The summed E-state index contributed by atoms with van der Waals surface area (Å²) in [4.78, 5) is 12.3. The Balaban J connectivity index is 1.45. The third-order valence-corrected chi connectivity index (χ3v) is 5.60. The molecule has 1 unspecified atom stereocenters. The minimum absolute atomic E-state index is 0.318. The molecule has 2 N–H and O–H groups in total. The van der Waals surface area contributed by atoms with E-state index in [2.05, 4.69) is 56.8 Å². The Labute approximate surface area is 156 Å². The summed E-state index contributed by atoms with van der Waals surface area (Å²) in [6, 6.07) is 17.2. The Morgan fingerprint density at radius 2 is 1.96 bits per heavy atom. The van der Waals surface area contributed by atoms with Crippen molar-refractivity contribution in [3.63, 3.8) is 0 Å². The maximum absolute atomic E-state index is 4.97. The number of H-pyrrole nitrogens is 1. The van der Waals surface area contributed by atoms with Crippen LogP contribution >= 0.6 is 0 Å². The Morgan fingerprint density at radius 3 is 2.89 bits per heavy atom. The molecule has 0 aliphatic carbocycles. The predicted octanol–water partition coefficient (Wildman–Crippen LogP) is 3.55. The lowest BCUT2D eigenvalue weighted by molar-refractivity contribution is 0.582. The number of benzene rings is 2. The van der Waals surface area contributed by atoms with E-state index in [1.54, 1.807) is 6.20 Å². The quantitative estimate of drug-likeness (QED) is 0.547. The first-order valence-corrected chi connectivity index (χ1v) is 9.27. The minimum atomic E-state index is 0.318. The summed E-state index contributed by atoms with van der Waals surface area (Å²) in [7, 11) is 0. The van der Waals surface area contributed by atoms with Crippen LogP contribution in [0.25, 0.3) is 22.3 Å². The van der Waals surface area contributed by atoms with E-state index in [1.165, 1.54) is 11.1 Å². The number of fused-ring (bicyclic) bond motifs is 6. The van der Waals surface area contributed by atoms with E-state index in [1.807, 2.05) is 12.1 Å². The molecular formula is C21H18N6. The van der Waals surface area contributed by atoms with Crippen molar-refractivity contribution in [2.75, 3.05) is 23.3 Å². The van der Waals surface area contributed by atoms with Crippen molar-refractivity contribution in [3.05, 3.63) is 65.9 Å². The first-order chi connectivity index (χ1) is 13.4. The van der Waals surface area contributed by atoms with Crippen LogP contribution in [-0.4, -0.2) is 33.3 Å². The zero-order chi connectivity index (χ0) is 17.8. The van der Waals surface area contributed by atoms with Gasteiger partial charge in [-0.15, -0.1) is 0 Å². The summed E-state index contributed by atoms with van der Waals surface area (Å²) in [6.07, 6.45) is 2.80. The number of rotatable bonds is 1. The lowest BCUT2D eigenvalue weighted by Gasteiger charge is -2.42. The molecule has 27 heavy (non-hydrogen) atoms. The van der Waals surface area contributed by atoms with E-state index in [4.69, 9.17) is 9.97 Å². The minimum Gasteiger partial charge on any atom is -0.365 e. The maximum atomic E-state index is 4.97. The molecule has 2 aromatic heterocycles. The van der Waals surface area contributed by atoms with Crippen LogP contribution in [0.2, 0.25) is 0 Å². The van der Waals surface area contributed by atoms with Gasteiger partial charge < -0.3 is 10.2 Å². The Bertz CT molecular complexity index is 1150. The summed E-state index contributed by atoms with van der Waals surface area (Å²) in [6.45, 7) is 1.83. The van der Waals surface area contributed by atoms with Gasteiger partial charge in [-0.3, -0.25) is 5.10 Å². The van der Waals surface area contributed by atoms with Gasteiger partial charge in [-0.2, -0.15) is 5.10 Å². The number of hydrogen-bond donors (Lipinski definition) is 2. The molecule has 0 bridgehead atoms. The van der Waals surface area contributed by atoms with Gasteiger partial charge in [0.05, 0.1) is 22.8 Å². The molecular weight excluding hydrogens is 336 g/mol. The normalized spacial score (nSPS) is 17.8. The van der Waals surface area contributed by atoms with Gasteiger partial charge in [-0.1, -0.05) is 30.3 Å². The molecule has 2 aliphatic rings. The van der Waals surface area contributed by atoms with Gasteiger partial charge in [0.1, 0.15) is 0 Å². The Kier molecular flexibility index (Phi) is 3.02. The summed E-state index contributed by atoms with van der Waals surface area (Å²) in [5.41, 5.74) is 6.70. The zero-order valence-corrected chi connectivity index (χ0v) is 14.7. The van der Waals surface area contributed by atoms with Crippen LogP contribution in [-0.2, 0) is 6.42 Å². The van der Waals surface area contributed by atoms with Crippen LogP contribution in [0.1, 0.15) is 17.2 Å². The van der Waals surface area contributed by atoms with Crippen molar-refractivity contribution in [1.82, 2.24) is 20.2 Å². The van der Waals surface area contributed by atoms with Crippen molar-refractivity contribution >= 4 is 22.7 Å². The number of anilines is 2. The molecule has 2 aliphatic heterocycles. The third kappa shape index (κ3) is 2.23. The number of nitrogens with one attached hydrogen (secondary N) is 2. The molecule has 6 heteroatoms. The lowest BCUT2D eigenvalue weighted by Crippen LogP contribution is -2.43. The first-order valence-electron chi connectivity index (χ1n) is 9.27. The predicted molar refractivity (Wildman–Crippen MR) is 106 cm³/mol. The SMILES string of the molecule is c1ccc2c(c1)CCN1c3nc4ccc(-c5ccn[nH]5)cc4nc3NCC21. The fourth-order valence-corrected chi connectivity index (χ4v) is 4.27. The number of aromatic nitrogens is 4. The number of nitrogens with zero attached hydrogens (tertiary/aromatic N) is 4. The van der Waals surface area contributed by atoms with Gasteiger partial charge >= 0.3 is 0 Å². The van der Waals surface area contributed by atoms with E-state index in [0.29, 0.717) is 6.04 Å². The monoisotopic (exact) mass is 354 g/mol. The van der Waals surface area contributed by atoms with Crippen LogP contribution < -0.4 is 10.2 Å². The topological polar surface area (TPSA) is 69.7 Å².